The summed E-state index contributed by atoms with van der Waals surface area (Å²) in [4.78, 5) is 8.92. The van der Waals surface area contributed by atoms with Crippen LogP contribution >= 0.6 is 12.2 Å². The van der Waals surface area contributed by atoms with E-state index in [4.69, 9.17) is 12.2 Å². The first-order chi connectivity index (χ1) is 9.92. The third kappa shape index (κ3) is 3.42. The van der Waals surface area contributed by atoms with Crippen molar-refractivity contribution in [3.63, 3.8) is 0 Å². The number of benzene rings is 1. The summed E-state index contributed by atoms with van der Waals surface area (Å²) in [5, 5.41) is 4.85. The summed E-state index contributed by atoms with van der Waals surface area (Å²) >= 11 is 5.14. The molecule has 5 heteroatoms. The van der Waals surface area contributed by atoms with Crippen LogP contribution < -0.4 is 5.32 Å². The molecule has 1 aromatic carbocycles. The van der Waals surface area contributed by atoms with Crippen LogP contribution in [0, 0.1) is 19.7 Å². The molecule has 0 aliphatic rings. The summed E-state index contributed by atoms with van der Waals surface area (Å²) in [6.07, 6.45) is 0. The first kappa shape index (κ1) is 15.5. The highest BCUT2D eigenvalue weighted by molar-refractivity contribution is 7.79. The number of nitrogens with zero attached hydrogens (tertiary/aromatic N) is 2. The average Bonchev–Trinajstić information content (AvgIpc) is 2.37. The van der Waals surface area contributed by atoms with E-state index in [1.165, 1.54) is 12.1 Å². The quantitative estimate of drug-likeness (QED) is 0.864. The summed E-state index contributed by atoms with van der Waals surface area (Å²) in [5.74, 6) is 1.11. The third-order valence-electron chi connectivity index (χ3n) is 3.04. The van der Waals surface area contributed by atoms with E-state index in [-0.39, 0.29) is 11.9 Å². The number of halogens is 1. The summed E-state index contributed by atoms with van der Waals surface area (Å²) in [5.41, 5.74) is 3.18. The molecule has 0 radical (unpaired) electrons. The Morgan fingerprint density at radius 1 is 1.24 bits per heavy atom. The van der Waals surface area contributed by atoms with Crippen LogP contribution in [0.2, 0.25) is 0 Å². The minimum Gasteiger partial charge on any atom is -0.367 e. The van der Waals surface area contributed by atoms with E-state index in [1.807, 2.05) is 27.7 Å². The minimum absolute atomic E-state index is 0.232. The Hall–Kier alpha value is -1.88. The number of anilines is 1. The van der Waals surface area contributed by atoms with Crippen LogP contribution in [-0.4, -0.2) is 21.4 Å². The number of aryl methyl sites for hydroxylation is 2. The highest BCUT2D eigenvalue weighted by Crippen LogP contribution is 2.28. The van der Waals surface area contributed by atoms with E-state index in [0.717, 1.165) is 22.4 Å². The van der Waals surface area contributed by atoms with Crippen LogP contribution in [0.15, 0.2) is 18.2 Å². The Morgan fingerprint density at radius 3 is 2.52 bits per heavy atom. The summed E-state index contributed by atoms with van der Waals surface area (Å²) in [7, 11) is 0. The molecule has 3 nitrogen and oxygen atoms in total. The third-order valence-corrected chi connectivity index (χ3v) is 3.28. The molecule has 0 saturated heterocycles. The number of nitrogens with one attached hydrogen (secondary N) is 1. The van der Waals surface area contributed by atoms with Crippen molar-refractivity contribution < 1.29 is 4.39 Å². The van der Waals surface area contributed by atoms with Gasteiger partial charge in [-0.3, -0.25) is 0 Å². The van der Waals surface area contributed by atoms with Crippen LogP contribution in [0.4, 0.5) is 10.2 Å². The van der Waals surface area contributed by atoms with Crippen molar-refractivity contribution >= 4 is 23.4 Å². The predicted molar refractivity (Wildman–Crippen MR) is 88.4 cm³/mol. The van der Waals surface area contributed by atoms with Gasteiger partial charge < -0.3 is 5.32 Å². The molecule has 2 rings (SSSR count). The molecule has 1 N–H and O–H groups in total. The molecule has 0 saturated carbocycles. The van der Waals surface area contributed by atoms with Crippen LogP contribution in [0.3, 0.4) is 0 Å². The lowest BCUT2D eigenvalue weighted by molar-refractivity contribution is 0.627. The van der Waals surface area contributed by atoms with Crippen LogP contribution in [-0.2, 0) is 0 Å². The smallest absolute Gasteiger partial charge is 0.138 e. The van der Waals surface area contributed by atoms with Gasteiger partial charge in [-0.05, 0) is 51.5 Å². The number of hydrogen-bond donors (Lipinski definition) is 1. The van der Waals surface area contributed by atoms with Gasteiger partial charge in [0.2, 0.25) is 0 Å². The van der Waals surface area contributed by atoms with E-state index < -0.39 is 0 Å². The second-order valence-corrected chi connectivity index (χ2v) is 5.49. The molecule has 0 amide bonds. The average molecular weight is 303 g/mol. The van der Waals surface area contributed by atoms with Crippen molar-refractivity contribution in [2.75, 3.05) is 5.32 Å². The molecule has 2 aromatic rings. The van der Waals surface area contributed by atoms with Crippen molar-refractivity contribution in [3.8, 4) is 11.3 Å². The Kier molecular flexibility index (Phi) is 4.63. The molecule has 1 heterocycles. The second kappa shape index (κ2) is 6.26. The molecule has 1 aromatic heterocycles. The van der Waals surface area contributed by atoms with Crippen molar-refractivity contribution in [2.45, 2.75) is 33.7 Å². The maximum atomic E-state index is 13.3. The van der Waals surface area contributed by atoms with E-state index in [9.17, 15) is 4.39 Å². The summed E-state index contributed by atoms with van der Waals surface area (Å²) < 4.78 is 13.3. The zero-order chi connectivity index (χ0) is 15.6. The fourth-order valence-electron chi connectivity index (χ4n) is 2.17. The summed E-state index contributed by atoms with van der Waals surface area (Å²) in [6.45, 7) is 7.76. The molecular formula is C16H18FN3S. The molecule has 0 fully saturated rings. The molecule has 110 valence electrons. The van der Waals surface area contributed by atoms with Gasteiger partial charge in [0.15, 0.2) is 0 Å². The Bertz CT molecular complexity index is 683. The lowest BCUT2D eigenvalue weighted by Crippen LogP contribution is -2.15. The number of hydrogen-bond acceptors (Lipinski definition) is 4. The van der Waals surface area contributed by atoms with Crippen molar-refractivity contribution in [1.29, 1.82) is 0 Å². The molecule has 21 heavy (non-hydrogen) atoms. The minimum atomic E-state index is -0.258. The predicted octanol–water partition coefficient (Wildman–Crippen LogP) is 4.07. The van der Waals surface area contributed by atoms with E-state index in [1.54, 1.807) is 11.4 Å². The summed E-state index contributed by atoms with van der Waals surface area (Å²) in [6, 6.07) is 4.89. The van der Waals surface area contributed by atoms with Crippen LogP contribution in [0.1, 0.15) is 30.8 Å². The number of rotatable bonds is 4. The second-order valence-electron chi connectivity index (χ2n) is 5.26. The highest BCUT2D eigenvalue weighted by Gasteiger charge is 2.15. The standard InChI is InChI=1S/C16H18FN3S/c1-9(2)18-16-14(8-21)15(19-11(4)20-16)13-6-5-12(17)7-10(13)3/h5-9H,1-4H3,(H,18,19,20). The van der Waals surface area contributed by atoms with E-state index in [2.05, 4.69) is 15.3 Å². The highest BCUT2D eigenvalue weighted by atomic mass is 32.1. The van der Waals surface area contributed by atoms with Gasteiger partial charge >= 0.3 is 0 Å². The molecular weight excluding hydrogens is 285 g/mol. The number of aromatic nitrogens is 2. The first-order valence-corrected chi connectivity index (χ1v) is 7.26. The Morgan fingerprint density at radius 2 is 1.95 bits per heavy atom. The molecule has 0 aliphatic carbocycles. The molecule has 0 atom stereocenters. The molecule has 0 unspecified atom stereocenters. The van der Waals surface area contributed by atoms with Crippen molar-refractivity contribution in [2.24, 2.45) is 0 Å². The van der Waals surface area contributed by atoms with Crippen molar-refractivity contribution in [3.05, 3.63) is 41.0 Å². The Labute approximate surface area is 129 Å². The van der Waals surface area contributed by atoms with Crippen LogP contribution in [0.25, 0.3) is 11.3 Å². The number of thiocarbonyl (C=S) groups is 1. The van der Waals surface area contributed by atoms with Gasteiger partial charge in [0.05, 0.1) is 11.3 Å². The monoisotopic (exact) mass is 303 g/mol. The van der Waals surface area contributed by atoms with E-state index in [0.29, 0.717) is 11.6 Å². The molecule has 0 aliphatic heterocycles. The van der Waals surface area contributed by atoms with Gasteiger partial charge in [0.1, 0.15) is 17.5 Å². The lowest BCUT2D eigenvalue weighted by Gasteiger charge is -2.16. The van der Waals surface area contributed by atoms with Gasteiger partial charge in [-0.15, -0.1) is 0 Å². The molecule has 0 bridgehead atoms. The van der Waals surface area contributed by atoms with Gasteiger partial charge in [0, 0.05) is 17.0 Å². The normalized spacial score (nSPS) is 10.8. The maximum absolute atomic E-state index is 13.3. The van der Waals surface area contributed by atoms with Crippen LogP contribution in [0.5, 0.6) is 0 Å². The maximum Gasteiger partial charge on any atom is 0.138 e. The SMILES string of the molecule is Cc1nc(NC(C)C)c(C=S)c(-c2ccc(F)cc2C)n1. The first-order valence-electron chi connectivity index (χ1n) is 6.79. The Balaban J connectivity index is 2.67. The van der Waals surface area contributed by atoms with E-state index >= 15 is 0 Å². The molecule has 0 spiro atoms. The van der Waals surface area contributed by atoms with Crippen molar-refractivity contribution in [1.82, 2.24) is 9.97 Å². The zero-order valence-electron chi connectivity index (χ0n) is 12.6. The van der Waals surface area contributed by atoms with Gasteiger partial charge in [-0.2, -0.15) is 0 Å². The van der Waals surface area contributed by atoms with Gasteiger partial charge in [-0.25, -0.2) is 14.4 Å². The fourth-order valence-corrected chi connectivity index (χ4v) is 2.40. The van der Waals surface area contributed by atoms with Gasteiger partial charge in [0.25, 0.3) is 0 Å². The largest absolute Gasteiger partial charge is 0.367 e. The van der Waals surface area contributed by atoms with Gasteiger partial charge in [-0.1, -0.05) is 12.2 Å². The zero-order valence-corrected chi connectivity index (χ0v) is 13.4. The fraction of sp³-hybridized carbons (Fsp3) is 0.312. The lowest BCUT2D eigenvalue weighted by atomic mass is 10.0. The topological polar surface area (TPSA) is 37.8 Å².